The molecule has 1 aromatic heterocycles. The van der Waals surface area contributed by atoms with E-state index in [1.807, 2.05) is 36.4 Å². The van der Waals surface area contributed by atoms with Crippen LogP contribution in [0.4, 0.5) is 5.13 Å². The smallest absolute Gasteiger partial charge is 0.350 e. The molecule has 0 aliphatic heterocycles. The Hall–Kier alpha value is -2.73. The number of fused-ring (bicyclic) bond motifs is 1. The molecular formula is C17H14N2O3S. The Morgan fingerprint density at radius 1 is 1.13 bits per heavy atom. The third-order valence-electron chi connectivity index (χ3n) is 3.40. The van der Waals surface area contributed by atoms with E-state index in [0.717, 1.165) is 22.1 Å². The average Bonchev–Trinajstić information content (AvgIpc) is 2.94. The second-order valence-electron chi connectivity index (χ2n) is 4.94. The minimum absolute atomic E-state index is 0.263. The molecule has 1 amide bonds. The van der Waals surface area contributed by atoms with E-state index in [1.165, 1.54) is 7.11 Å². The van der Waals surface area contributed by atoms with E-state index in [-0.39, 0.29) is 5.91 Å². The van der Waals surface area contributed by atoms with Crippen LogP contribution < -0.4 is 5.32 Å². The van der Waals surface area contributed by atoms with Crippen molar-refractivity contribution in [3.05, 3.63) is 58.6 Å². The summed E-state index contributed by atoms with van der Waals surface area (Å²) in [6.45, 7) is 1.70. The van der Waals surface area contributed by atoms with Gasteiger partial charge in [-0.15, -0.1) is 0 Å². The topological polar surface area (TPSA) is 68.3 Å². The van der Waals surface area contributed by atoms with E-state index < -0.39 is 5.97 Å². The summed E-state index contributed by atoms with van der Waals surface area (Å²) in [5.41, 5.74) is 1.08. The summed E-state index contributed by atoms with van der Waals surface area (Å²) in [6, 6.07) is 13.3. The number of nitrogens with zero attached hydrogens (tertiary/aromatic N) is 1. The monoisotopic (exact) mass is 326 g/mol. The van der Waals surface area contributed by atoms with Crippen LogP contribution in [0.2, 0.25) is 0 Å². The molecule has 23 heavy (non-hydrogen) atoms. The van der Waals surface area contributed by atoms with Gasteiger partial charge in [-0.05, 0) is 29.8 Å². The molecular weight excluding hydrogens is 312 g/mol. The Balaban J connectivity index is 1.84. The number of esters is 1. The van der Waals surface area contributed by atoms with Gasteiger partial charge < -0.3 is 4.74 Å². The van der Waals surface area contributed by atoms with Gasteiger partial charge in [0.05, 0.1) is 12.8 Å². The second-order valence-corrected chi connectivity index (χ2v) is 5.94. The van der Waals surface area contributed by atoms with Crippen LogP contribution in [0.3, 0.4) is 0 Å². The number of thiazole rings is 1. The van der Waals surface area contributed by atoms with Crippen molar-refractivity contribution in [2.75, 3.05) is 12.4 Å². The molecule has 1 N–H and O–H groups in total. The Morgan fingerprint density at radius 2 is 1.87 bits per heavy atom. The number of nitrogens with one attached hydrogen (secondary N) is 1. The third kappa shape index (κ3) is 3.07. The highest BCUT2D eigenvalue weighted by molar-refractivity contribution is 7.17. The van der Waals surface area contributed by atoms with E-state index in [2.05, 4.69) is 15.0 Å². The van der Waals surface area contributed by atoms with Crippen molar-refractivity contribution in [3.8, 4) is 0 Å². The standard InChI is InChI=1S/C17H14N2O3S/c1-10-14(16(21)22-2)23-17(18-10)19-15(20)13-8-7-11-5-3-4-6-12(11)9-13/h3-9H,1-2H3,(H,18,19,20). The first-order valence-electron chi connectivity index (χ1n) is 6.94. The van der Waals surface area contributed by atoms with E-state index >= 15 is 0 Å². The predicted octanol–water partition coefficient (Wildman–Crippen LogP) is 3.64. The van der Waals surface area contributed by atoms with Gasteiger partial charge in [0.2, 0.25) is 0 Å². The van der Waals surface area contributed by atoms with E-state index in [0.29, 0.717) is 21.3 Å². The predicted molar refractivity (Wildman–Crippen MR) is 90.1 cm³/mol. The molecule has 3 rings (SSSR count). The van der Waals surface area contributed by atoms with Gasteiger partial charge in [-0.25, -0.2) is 9.78 Å². The molecule has 0 saturated carbocycles. The molecule has 1 heterocycles. The van der Waals surface area contributed by atoms with Crippen LogP contribution in [0.15, 0.2) is 42.5 Å². The Bertz CT molecular complexity index is 902. The molecule has 0 atom stereocenters. The van der Waals surface area contributed by atoms with Gasteiger partial charge in [0.1, 0.15) is 4.88 Å². The Kier molecular flexibility index (Phi) is 4.08. The first-order chi connectivity index (χ1) is 11.1. The van der Waals surface area contributed by atoms with Gasteiger partial charge in [0.25, 0.3) is 5.91 Å². The first kappa shape index (κ1) is 15.2. The first-order valence-corrected chi connectivity index (χ1v) is 7.76. The number of hydrogen-bond acceptors (Lipinski definition) is 5. The summed E-state index contributed by atoms with van der Waals surface area (Å²) in [4.78, 5) is 28.5. The molecule has 0 aliphatic carbocycles. The van der Waals surface area contributed by atoms with Gasteiger partial charge in [-0.2, -0.15) is 0 Å². The van der Waals surface area contributed by atoms with Gasteiger partial charge in [0.15, 0.2) is 5.13 Å². The summed E-state index contributed by atoms with van der Waals surface area (Å²) in [6.07, 6.45) is 0. The number of hydrogen-bond donors (Lipinski definition) is 1. The lowest BCUT2D eigenvalue weighted by molar-refractivity contribution is 0.0605. The number of ether oxygens (including phenoxy) is 1. The van der Waals surface area contributed by atoms with E-state index in [9.17, 15) is 9.59 Å². The summed E-state index contributed by atoms with van der Waals surface area (Å²) in [5, 5.41) is 5.16. The zero-order chi connectivity index (χ0) is 16.4. The molecule has 0 aliphatic rings. The van der Waals surface area contributed by atoms with Crippen LogP contribution in [0, 0.1) is 6.92 Å². The van der Waals surface area contributed by atoms with Gasteiger partial charge >= 0.3 is 5.97 Å². The highest BCUT2D eigenvalue weighted by atomic mass is 32.1. The van der Waals surface area contributed by atoms with Crippen LogP contribution in [-0.2, 0) is 4.74 Å². The maximum Gasteiger partial charge on any atom is 0.350 e. The van der Waals surface area contributed by atoms with Gasteiger partial charge in [-0.3, -0.25) is 10.1 Å². The van der Waals surface area contributed by atoms with Crippen LogP contribution in [0.25, 0.3) is 10.8 Å². The molecule has 0 bridgehead atoms. The maximum atomic E-state index is 12.4. The third-order valence-corrected chi connectivity index (χ3v) is 4.45. The van der Waals surface area contributed by atoms with E-state index in [1.54, 1.807) is 13.0 Å². The molecule has 5 nitrogen and oxygen atoms in total. The average molecular weight is 326 g/mol. The summed E-state index contributed by atoms with van der Waals surface area (Å²) >= 11 is 1.10. The summed E-state index contributed by atoms with van der Waals surface area (Å²) in [5.74, 6) is -0.716. The maximum absolute atomic E-state index is 12.4. The number of amides is 1. The number of anilines is 1. The van der Waals surface area contributed by atoms with Crippen molar-refractivity contribution >= 4 is 39.1 Å². The molecule has 2 aromatic carbocycles. The van der Waals surface area contributed by atoms with Crippen molar-refractivity contribution in [1.29, 1.82) is 0 Å². The fourth-order valence-corrected chi connectivity index (χ4v) is 3.11. The van der Waals surface area contributed by atoms with Crippen molar-refractivity contribution in [3.63, 3.8) is 0 Å². The highest BCUT2D eigenvalue weighted by Crippen LogP contribution is 2.24. The lowest BCUT2D eigenvalue weighted by Crippen LogP contribution is -2.11. The number of aryl methyl sites for hydroxylation is 1. The van der Waals surface area contributed by atoms with Crippen molar-refractivity contribution in [1.82, 2.24) is 4.98 Å². The largest absolute Gasteiger partial charge is 0.465 e. The zero-order valence-corrected chi connectivity index (χ0v) is 13.4. The highest BCUT2D eigenvalue weighted by Gasteiger charge is 2.17. The molecule has 6 heteroatoms. The van der Waals surface area contributed by atoms with Crippen molar-refractivity contribution < 1.29 is 14.3 Å². The SMILES string of the molecule is COC(=O)c1sc(NC(=O)c2ccc3ccccc3c2)nc1C. The lowest BCUT2D eigenvalue weighted by atomic mass is 10.1. The number of methoxy groups -OCH3 is 1. The van der Waals surface area contributed by atoms with Crippen LogP contribution in [-0.4, -0.2) is 24.0 Å². The minimum atomic E-state index is -0.453. The van der Waals surface area contributed by atoms with Crippen LogP contribution >= 0.6 is 11.3 Å². The van der Waals surface area contributed by atoms with Crippen LogP contribution in [0.1, 0.15) is 25.7 Å². The molecule has 0 unspecified atom stereocenters. The van der Waals surface area contributed by atoms with Crippen molar-refractivity contribution in [2.45, 2.75) is 6.92 Å². The number of aromatic nitrogens is 1. The van der Waals surface area contributed by atoms with Gasteiger partial charge in [0, 0.05) is 5.56 Å². The second kappa shape index (κ2) is 6.18. The molecule has 3 aromatic rings. The lowest BCUT2D eigenvalue weighted by Gasteiger charge is -2.03. The number of carbonyl (C=O) groups is 2. The van der Waals surface area contributed by atoms with Crippen LogP contribution in [0.5, 0.6) is 0 Å². The number of rotatable bonds is 3. The Labute approximate surface area is 136 Å². The molecule has 0 spiro atoms. The fraction of sp³-hybridized carbons (Fsp3) is 0.118. The summed E-state index contributed by atoms with van der Waals surface area (Å²) < 4.78 is 4.69. The molecule has 116 valence electrons. The minimum Gasteiger partial charge on any atom is -0.465 e. The van der Waals surface area contributed by atoms with Crippen molar-refractivity contribution in [2.24, 2.45) is 0 Å². The van der Waals surface area contributed by atoms with E-state index in [4.69, 9.17) is 0 Å². The molecule has 0 radical (unpaired) electrons. The normalized spacial score (nSPS) is 10.5. The zero-order valence-electron chi connectivity index (χ0n) is 12.6. The summed E-state index contributed by atoms with van der Waals surface area (Å²) in [7, 11) is 1.31. The van der Waals surface area contributed by atoms with Gasteiger partial charge in [-0.1, -0.05) is 41.7 Å². The number of benzene rings is 2. The molecule has 0 fully saturated rings. The quantitative estimate of drug-likeness (QED) is 0.746. The number of carbonyl (C=O) groups excluding carboxylic acids is 2. The molecule has 0 saturated heterocycles. The Morgan fingerprint density at radius 3 is 2.61 bits per heavy atom. The fourth-order valence-electron chi connectivity index (χ4n) is 2.23.